The molecule has 2 nitrogen and oxygen atoms in total. The summed E-state index contributed by atoms with van der Waals surface area (Å²) < 4.78 is 12.8. The summed E-state index contributed by atoms with van der Waals surface area (Å²) in [6, 6.07) is 23.9. The fourth-order valence-corrected chi connectivity index (χ4v) is 3.34. The molecule has 0 saturated carbocycles. The first-order valence-electron chi connectivity index (χ1n) is 8.50. The molecule has 0 aliphatic rings. The minimum Gasteiger partial charge on any atom is -0.494 e. The van der Waals surface area contributed by atoms with Gasteiger partial charge in [-0.2, -0.15) is 0 Å². The normalized spacial score (nSPS) is 12.0. The highest BCUT2D eigenvalue weighted by Crippen LogP contribution is 2.34. The number of ether oxygens (including phenoxy) is 2. The van der Waals surface area contributed by atoms with Gasteiger partial charge in [-0.1, -0.05) is 70.0 Å². The van der Waals surface area contributed by atoms with Gasteiger partial charge in [0.1, 0.15) is 11.9 Å². The Morgan fingerprint density at radius 2 is 1.69 bits per heavy atom. The quantitative estimate of drug-likeness (QED) is 0.409. The van der Waals surface area contributed by atoms with E-state index in [0.29, 0.717) is 18.2 Å². The van der Waals surface area contributed by atoms with Crippen LogP contribution in [0.15, 0.2) is 77.3 Å². The van der Waals surface area contributed by atoms with E-state index in [9.17, 15) is 0 Å². The molecule has 0 amide bonds. The van der Waals surface area contributed by atoms with Crippen LogP contribution in [0.1, 0.15) is 29.7 Å². The third kappa shape index (κ3) is 4.88. The van der Waals surface area contributed by atoms with E-state index in [0.717, 1.165) is 26.9 Å². The van der Waals surface area contributed by atoms with Crippen LogP contribution in [0.3, 0.4) is 0 Å². The van der Waals surface area contributed by atoms with Gasteiger partial charge in [0, 0.05) is 15.1 Å². The van der Waals surface area contributed by atoms with Crippen LogP contribution in [-0.2, 0) is 11.3 Å². The largest absolute Gasteiger partial charge is 0.494 e. The van der Waals surface area contributed by atoms with E-state index in [1.165, 1.54) is 0 Å². The van der Waals surface area contributed by atoms with Crippen molar-refractivity contribution in [3.8, 4) is 5.75 Å². The highest BCUT2D eigenvalue weighted by Gasteiger charge is 2.19. The molecule has 0 aliphatic carbocycles. The number of halogens is 2. The molecule has 134 valence electrons. The van der Waals surface area contributed by atoms with Crippen molar-refractivity contribution in [3.63, 3.8) is 0 Å². The van der Waals surface area contributed by atoms with Crippen molar-refractivity contribution in [2.24, 2.45) is 0 Å². The molecule has 1 unspecified atom stereocenters. The number of rotatable bonds is 7. The minimum atomic E-state index is -0.268. The molecule has 0 aromatic heterocycles. The van der Waals surface area contributed by atoms with E-state index in [4.69, 9.17) is 21.1 Å². The maximum absolute atomic E-state index is 6.48. The molecule has 0 saturated heterocycles. The minimum absolute atomic E-state index is 0.268. The van der Waals surface area contributed by atoms with E-state index in [1.54, 1.807) is 0 Å². The maximum Gasteiger partial charge on any atom is 0.119 e. The molecule has 3 aromatic rings. The van der Waals surface area contributed by atoms with Crippen LogP contribution < -0.4 is 4.74 Å². The summed E-state index contributed by atoms with van der Waals surface area (Å²) in [7, 11) is 0. The van der Waals surface area contributed by atoms with Gasteiger partial charge in [0.15, 0.2) is 0 Å². The Kier molecular flexibility index (Phi) is 6.73. The van der Waals surface area contributed by atoms with Crippen LogP contribution in [0.25, 0.3) is 0 Å². The van der Waals surface area contributed by atoms with Gasteiger partial charge in [-0.3, -0.25) is 0 Å². The topological polar surface area (TPSA) is 18.5 Å². The molecule has 0 bridgehead atoms. The number of hydrogen-bond donors (Lipinski definition) is 0. The lowest BCUT2D eigenvalue weighted by Crippen LogP contribution is -2.07. The lowest BCUT2D eigenvalue weighted by Gasteiger charge is -2.21. The van der Waals surface area contributed by atoms with Gasteiger partial charge in [-0.15, -0.1) is 0 Å². The highest BCUT2D eigenvalue weighted by atomic mass is 79.9. The Morgan fingerprint density at radius 1 is 0.962 bits per heavy atom. The summed E-state index contributed by atoms with van der Waals surface area (Å²) in [5.41, 5.74) is 3.08. The van der Waals surface area contributed by atoms with E-state index in [-0.39, 0.29) is 6.10 Å². The molecule has 0 N–H and O–H groups in total. The SMILES string of the molecule is CCOc1ccc(C(OCc2ccccc2)c2cc(Br)ccc2Cl)cc1. The molecule has 3 aromatic carbocycles. The predicted molar refractivity (Wildman–Crippen MR) is 110 cm³/mol. The van der Waals surface area contributed by atoms with Crippen molar-refractivity contribution in [3.05, 3.63) is 99.0 Å². The molecule has 0 heterocycles. The molecule has 0 spiro atoms. The molecular weight excluding hydrogens is 412 g/mol. The zero-order valence-electron chi connectivity index (χ0n) is 14.5. The van der Waals surface area contributed by atoms with Crippen molar-refractivity contribution in [1.82, 2.24) is 0 Å². The Bertz CT molecular complexity index is 835. The van der Waals surface area contributed by atoms with Crippen molar-refractivity contribution in [2.45, 2.75) is 19.6 Å². The van der Waals surface area contributed by atoms with Crippen molar-refractivity contribution in [1.29, 1.82) is 0 Å². The second-order valence-electron chi connectivity index (χ2n) is 5.84. The summed E-state index contributed by atoms with van der Waals surface area (Å²) in [5.74, 6) is 0.846. The van der Waals surface area contributed by atoms with Gasteiger partial charge >= 0.3 is 0 Å². The zero-order chi connectivity index (χ0) is 18.4. The summed E-state index contributed by atoms with van der Waals surface area (Å²) in [6.45, 7) is 3.12. The number of hydrogen-bond acceptors (Lipinski definition) is 2. The molecular formula is C22H20BrClO2. The van der Waals surface area contributed by atoms with Crippen molar-refractivity contribution >= 4 is 27.5 Å². The average molecular weight is 432 g/mol. The molecule has 26 heavy (non-hydrogen) atoms. The number of benzene rings is 3. The van der Waals surface area contributed by atoms with Crippen LogP contribution >= 0.6 is 27.5 Å². The first-order valence-corrected chi connectivity index (χ1v) is 9.67. The Labute approximate surface area is 167 Å². The molecule has 1 atom stereocenters. The van der Waals surface area contributed by atoms with Crippen LogP contribution in [0.5, 0.6) is 5.75 Å². The molecule has 0 radical (unpaired) electrons. The Morgan fingerprint density at radius 3 is 2.38 bits per heavy atom. The summed E-state index contributed by atoms with van der Waals surface area (Å²) in [4.78, 5) is 0. The van der Waals surface area contributed by atoms with E-state index < -0.39 is 0 Å². The molecule has 3 rings (SSSR count). The van der Waals surface area contributed by atoms with Gasteiger partial charge in [-0.05, 0) is 48.4 Å². The fraction of sp³-hybridized carbons (Fsp3) is 0.182. The van der Waals surface area contributed by atoms with E-state index in [1.807, 2.05) is 67.6 Å². The monoisotopic (exact) mass is 430 g/mol. The summed E-state index contributed by atoms with van der Waals surface area (Å²) >= 11 is 10.0. The Balaban J connectivity index is 1.91. The zero-order valence-corrected chi connectivity index (χ0v) is 16.8. The van der Waals surface area contributed by atoms with Gasteiger partial charge in [0.05, 0.1) is 13.2 Å². The third-order valence-electron chi connectivity index (χ3n) is 3.99. The third-order valence-corrected chi connectivity index (χ3v) is 4.83. The smallest absolute Gasteiger partial charge is 0.119 e. The molecule has 4 heteroatoms. The molecule has 0 fully saturated rings. The predicted octanol–water partition coefficient (Wildman–Crippen LogP) is 6.81. The van der Waals surface area contributed by atoms with Crippen LogP contribution in [0.2, 0.25) is 5.02 Å². The second kappa shape index (κ2) is 9.22. The van der Waals surface area contributed by atoms with Crippen LogP contribution in [0.4, 0.5) is 0 Å². The average Bonchev–Trinajstić information content (AvgIpc) is 2.67. The van der Waals surface area contributed by atoms with E-state index in [2.05, 4.69) is 28.1 Å². The van der Waals surface area contributed by atoms with E-state index >= 15 is 0 Å². The van der Waals surface area contributed by atoms with Gasteiger partial charge in [0.2, 0.25) is 0 Å². The molecule has 0 aliphatic heterocycles. The summed E-state index contributed by atoms with van der Waals surface area (Å²) in [6.07, 6.45) is -0.268. The van der Waals surface area contributed by atoms with Crippen molar-refractivity contribution in [2.75, 3.05) is 6.61 Å². The van der Waals surface area contributed by atoms with Crippen LogP contribution in [0, 0.1) is 0 Å². The fourth-order valence-electron chi connectivity index (χ4n) is 2.74. The highest BCUT2D eigenvalue weighted by molar-refractivity contribution is 9.10. The van der Waals surface area contributed by atoms with Crippen molar-refractivity contribution < 1.29 is 9.47 Å². The summed E-state index contributed by atoms with van der Waals surface area (Å²) in [5, 5.41) is 0.681. The Hall–Kier alpha value is -1.81. The van der Waals surface area contributed by atoms with Crippen LogP contribution in [-0.4, -0.2) is 6.61 Å². The van der Waals surface area contributed by atoms with Gasteiger partial charge in [0.25, 0.3) is 0 Å². The lowest BCUT2D eigenvalue weighted by molar-refractivity contribution is 0.0667. The maximum atomic E-state index is 6.48. The standard InChI is InChI=1S/C22H20BrClO2/c1-2-25-19-11-8-17(9-12-19)22(20-14-18(23)10-13-21(20)24)26-15-16-6-4-3-5-7-16/h3-14,22H,2,15H2,1H3. The first-order chi connectivity index (χ1) is 12.7. The van der Waals surface area contributed by atoms with Gasteiger partial charge in [-0.25, -0.2) is 0 Å². The first kappa shape index (κ1) is 19.0. The van der Waals surface area contributed by atoms with Gasteiger partial charge < -0.3 is 9.47 Å². The second-order valence-corrected chi connectivity index (χ2v) is 7.17. The lowest BCUT2D eigenvalue weighted by atomic mass is 10.0.